The molecule has 2 saturated heterocycles. The van der Waals surface area contributed by atoms with Crippen LogP contribution in [0.4, 0.5) is 0 Å². The predicted molar refractivity (Wildman–Crippen MR) is 137 cm³/mol. The first kappa shape index (κ1) is 22.5. The summed E-state index contributed by atoms with van der Waals surface area (Å²) in [5, 5.41) is 10.1. The molecule has 6 rings (SSSR count). The Balaban J connectivity index is 1.12. The van der Waals surface area contributed by atoms with Crippen molar-refractivity contribution in [3.63, 3.8) is 0 Å². The highest BCUT2D eigenvalue weighted by molar-refractivity contribution is 5.98. The van der Waals surface area contributed by atoms with Gasteiger partial charge in [-0.15, -0.1) is 5.10 Å². The number of rotatable bonds is 3. The third kappa shape index (κ3) is 3.77. The summed E-state index contributed by atoms with van der Waals surface area (Å²) in [6.07, 6.45) is 2.77. The Morgan fingerprint density at radius 1 is 0.833 bits per heavy atom. The molecule has 0 radical (unpaired) electrons. The quantitative estimate of drug-likeness (QED) is 0.445. The molecule has 0 atom stereocenters. The van der Waals surface area contributed by atoms with Crippen LogP contribution in [0.5, 0.6) is 0 Å². The summed E-state index contributed by atoms with van der Waals surface area (Å²) in [6.45, 7) is 4.69. The number of aromatic nitrogens is 4. The van der Waals surface area contributed by atoms with Crippen molar-refractivity contribution >= 4 is 22.7 Å². The van der Waals surface area contributed by atoms with Crippen molar-refractivity contribution in [3.05, 3.63) is 77.7 Å². The van der Waals surface area contributed by atoms with Crippen LogP contribution >= 0.6 is 0 Å². The number of likely N-dealkylation sites (tertiary alicyclic amines) is 2. The van der Waals surface area contributed by atoms with E-state index >= 15 is 0 Å². The summed E-state index contributed by atoms with van der Waals surface area (Å²) in [4.78, 5) is 32.1. The SMILES string of the molecule is Cc1nn(-c2ccccc2)nc1C(=O)N1CCC2(CCN(C(=O)c3cc4ccccc4n3C)CC2)C1. The number of nitrogens with zero attached hydrogens (tertiary/aromatic N) is 6. The number of carbonyl (C=O) groups is 2. The zero-order chi connectivity index (χ0) is 24.9. The molecule has 8 heteroatoms. The lowest BCUT2D eigenvalue weighted by Gasteiger charge is -2.39. The minimum Gasteiger partial charge on any atom is -0.340 e. The van der Waals surface area contributed by atoms with Crippen molar-refractivity contribution in [2.24, 2.45) is 12.5 Å². The van der Waals surface area contributed by atoms with Gasteiger partial charge in [-0.05, 0) is 55.9 Å². The van der Waals surface area contributed by atoms with E-state index in [0.717, 1.165) is 41.5 Å². The summed E-state index contributed by atoms with van der Waals surface area (Å²) in [6, 6.07) is 19.7. The number of fused-ring (bicyclic) bond motifs is 1. The van der Waals surface area contributed by atoms with Gasteiger partial charge in [0.05, 0.1) is 11.4 Å². The third-order valence-corrected chi connectivity index (χ3v) is 7.98. The first-order chi connectivity index (χ1) is 17.4. The molecule has 4 heterocycles. The van der Waals surface area contributed by atoms with Gasteiger partial charge in [0.1, 0.15) is 5.69 Å². The Morgan fingerprint density at radius 2 is 1.50 bits per heavy atom. The van der Waals surface area contributed by atoms with Crippen molar-refractivity contribution in [1.82, 2.24) is 29.4 Å². The highest BCUT2D eigenvalue weighted by Crippen LogP contribution is 2.41. The van der Waals surface area contributed by atoms with E-state index in [1.165, 1.54) is 4.80 Å². The van der Waals surface area contributed by atoms with Crippen LogP contribution < -0.4 is 0 Å². The van der Waals surface area contributed by atoms with Crippen LogP contribution in [0, 0.1) is 12.3 Å². The predicted octanol–water partition coefficient (Wildman–Crippen LogP) is 3.84. The van der Waals surface area contributed by atoms with Gasteiger partial charge in [-0.1, -0.05) is 36.4 Å². The molecule has 36 heavy (non-hydrogen) atoms. The molecule has 2 aliphatic rings. The Bertz CT molecular complexity index is 1450. The second-order valence-corrected chi connectivity index (χ2v) is 10.2. The normalized spacial score (nSPS) is 17.3. The molecule has 2 aromatic carbocycles. The van der Waals surface area contributed by atoms with E-state index in [4.69, 9.17) is 0 Å². The van der Waals surface area contributed by atoms with Crippen LogP contribution in [-0.2, 0) is 7.05 Å². The van der Waals surface area contributed by atoms with Crippen molar-refractivity contribution in [2.75, 3.05) is 26.2 Å². The minimum absolute atomic E-state index is 0.0550. The Morgan fingerprint density at radius 3 is 2.22 bits per heavy atom. The standard InChI is InChI=1S/C28H30N6O2/c1-20-25(30-34(29-20)22-9-4-3-5-10-22)27(36)33-17-14-28(19-33)12-15-32(16-13-28)26(35)24-18-21-8-6-7-11-23(21)31(24)2/h3-11,18H,12-17,19H2,1-2H3. The monoisotopic (exact) mass is 482 g/mol. The van der Waals surface area contributed by atoms with Crippen molar-refractivity contribution < 1.29 is 9.59 Å². The lowest BCUT2D eigenvalue weighted by molar-refractivity contribution is 0.0557. The first-order valence-corrected chi connectivity index (χ1v) is 12.6. The molecular weight excluding hydrogens is 452 g/mol. The van der Waals surface area contributed by atoms with Gasteiger partial charge in [0.2, 0.25) is 0 Å². The molecule has 2 aromatic heterocycles. The van der Waals surface area contributed by atoms with Gasteiger partial charge in [0, 0.05) is 44.1 Å². The van der Waals surface area contributed by atoms with Crippen LogP contribution in [0.15, 0.2) is 60.7 Å². The van der Waals surface area contributed by atoms with E-state index in [9.17, 15) is 9.59 Å². The van der Waals surface area contributed by atoms with Gasteiger partial charge < -0.3 is 14.4 Å². The maximum Gasteiger partial charge on any atom is 0.276 e. The average Bonchev–Trinajstić information content (AvgIpc) is 3.60. The number of benzene rings is 2. The second kappa shape index (κ2) is 8.62. The van der Waals surface area contributed by atoms with Crippen LogP contribution in [0.25, 0.3) is 16.6 Å². The van der Waals surface area contributed by atoms with Gasteiger partial charge in [-0.3, -0.25) is 9.59 Å². The smallest absolute Gasteiger partial charge is 0.276 e. The van der Waals surface area contributed by atoms with Crippen molar-refractivity contribution in [2.45, 2.75) is 26.2 Å². The molecule has 4 aromatic rings. The van der Waals surface area contributed by atoms with E-state index in [1.807, 2.05) is 89.0 Å². The van der Waals surface area contributed by atoms with Gasteiger partial charge in [-0.2, -0.15) is 9.90 Å². The summed E-state index contributed by atoms with van der Waals surface area (Å²) >= 11 is 0. The molecule has 2 amide bonds. The third-order valence-electron chi connectivity index (χ3n) is 7.98. The lowest BCUT2D eigenvalue weighted by Crippen LogP contribution is -2.45. The number of para-hydroxylation sites is 2. The van der Waals surface area contributed by atoms with Gasteiger partial charge in [0.25, 0.3) is 11.8 Å². The number of hydrogen-bond donors (Lipinski definition) is 0. The molecule has 1 spiro atoms. The zero-order valence-electron chi connectivity index (χ0n) is 20.7. The molecule has 2 aliphatic heterocycles. The number of hydrogen-bond acceptors (Lipinski definition) is 4. The maximum atomic E-state index is 13.4. The molecule has 8 nitrogen and oxygen atoms in total. The zero-order valence-corrected chi connectivity index (χ0v) is 20.7. The lowest BCUT2D eigenvalue weighted by atomic mass is 9.77. The molecule has 2 fully saturated rings. The Kier molecular flexibility index (Phi) is 5.39. The molecule has 0 N–H and O–H groups in total. The van der Waals surface area contributed by atoms with E-state index in [2.05, 4.69) is 10.2 Å². The first-order valence-electron chi connectivity index (χ1n) is 12.6. The van der Waals surface area contributed by atoms with Crippen LogP contribution in [0.2, 0.25) is 0 Å². The van der Waals surface area contributed by atoms with Crippen LogP contribution in [0.3, 0.4) is 0 Å². The molecular formula is C28H30N6O2. The van der Waals surface area contributed by atoms with Gasteiger partial charge in [-0.25, -0.2) is 0 Å². The minimum atomic E-state index is -0.0550. The number of aryl methyl sites for hydroxylation is 2. The van der Waals surface area contributed by atoms with E-state index in [0.29, 0.717) is 37.6 Å². The fourth-order valence-electron chi connectivity index (χ4n) is 5.76. The van der Waals surface area contributed by atoms with Crippen LogP contribution in [-0.4, -0.2) is 67.4 Å². The summed E-state index contributed by atoms with van der Waals surface area (Å²) in [5.41, 5.74) is 3.75. The highest BCUT2D eigenvalue weighted by atomic mass is 16.2. The van der Waals surface area contributed by atoms with Gasteiger partial charge in [0.15, 0.2) is 5.69 Å². The fourth-order valence-corrected chi connectivity index (χ4v) is 5.76. The van der Waals surface area contributed by atoms with Gasteiger partial charge >= 0.3 is 0 Å². The number of amides is 2. The average molecular weight is 483 g/mol. The number of piperidine rings is 1. The summed E-state index contributed by atoms with van der Waals surface area (Å²) in [7, 11) is 1.96. The van der Waals surface area contributed by atoms with Crippen LogP contribution in [0.1, 0.15) is 45.9 Å². The Labute approximate surface area is 210 Å². The second-order valence-electron chi connectivity index (χ2n) is 10.2. The largest absolute Gasteiger partial charge is 0.340 e. The molecule has 0 bridgehead atoms. The Hall–Kier alpha value is -3.94. The fraction of sp³-hybridized carbons (Fsp3) is 0.357. The van der Waals surface area contributed by atoms with Crippen molar-refractivity contribution in [3.8, 4) is 5.69 Å². The van der Waals surface area contributed by atoms with E-state index in [-0.39, 0.29) is 17.2 Å². The van der Waals surface area contributed by atoms with E-state index in [1.54, 1.807) is 0 Å². The molecule has 0 saturated carbocycles. The topological polar surface area (TPSA) is 76.3 Å². The highest BCUT2D eigenvalue weighted by Gasteiger charge is 2.43. The molecule has 0 unspecified atom stereocenters. The maximum absolute atomic E-state index is 13.4. The summed E-state index contributed by atoms with van der Waals surface area (Å²) < 4.78 is 1.99. The number of carbonyl (C=O) groups excluding carboxylic acids is 2. The molecule has 184 valence electrons. The summed E-state index contributed by atoms with van der Waals surface area (Å²) in [5.74, 6) is 0.0307. The molecule has 0 aliphatic carbocycles. The van der Waals surface area contributed by atoms with Crippen molar-refractivity contribution in [1.29, 1.82) is 0 Å². The van der Waals surface area contributed by atoms with E-state index < -0.39 is 0 Å².